The number of aliphatic hydroxyl groups is 1. The second-order valence-corrected chi connectivity index (χ2v) is 7.66. The van der Waals surface area contributed by atoms with Gasteiger partial charge in [-0.1, -0.05) is 42.4 Å². The lowest BCUT2D eigenvalue weighted by molar-refractivity contribution is 0.0660. The maximum absolute atomic E-state index is 10.6. The maximum Gasteiger partial charge on any atom is 0.186 e. The average molecular weight is 358 g/mol. The van der Waals surface area contributed by atoms with Crippen molar-refractivity contribution < 1.29 is 9.94 Å². The highest BCUT2D eigenvalue weighted by Crippen LogP contribution is 2.52. The first kappa shape index (κ1) is 18.7. The molecule has 26 heavy (non-hydrogen) atoms. The molecule has 0 spiro atoms. The number of fused-ring (bicyclic) bond motifs is 1. The standard InChI is InChI=1S/C20H30N4O2/c1-13-9-15(14-5-3-2-4-6-14)10-17-18(25)11-16(19(13)17)12-24-26-8-7-23-20(21)22/h2-6,12-13,15-19,25H,7-11H2,1H3,(H4,21,22,23)/b24-12+/t13-,15+,16-,17-,18-,19-/m1/s1. The summed E-state index contributed by atoms with van der Waals surface area (Å²) in [6, 6.07) is 10.7. The molecule has 3 rings (SSSR count). The molecule has 2 aliphatic rings. The van der Waals surface area contributed by atoms with E-state index >= 15 is 0 Å². The number of nitrogens with two attached hydrogens (primary N) is 2. The topological polar surface area (TPSA) is 106 Å². The predicted molar refractivity (Wildman–Crippen MR) is 104 cm³/mol. The Balaban J connectivity index is 1.58. The largest absolute Gasteiger partial charge is 0.394 e. The molecule has 1 aromatic rings. The average Bonchev–Trinajstić information content (AvgIpc) is 2.95. The van der Waals surface area contributed by atoms with E-state index in [1.165, 1.54) is 5.56 Å². The summed E-state index contributed by atoms with van der Waals surface area (Å²) >= 11 is 0. The molecule has 0 heterocycles. The van der Waals surface area contributed by atoms with Gasteiger partial charge in [0.05, 0.1) is 12.6 Å². The Labute approximate surface area is 155 Å². The van der Waals surface area contributed by atoms with Crippen molar-refractivity contribution in [1.82, 2.24) is 0 Å². The van der Waals surface area contributed by atoms with E-state index in [1.807, 2.05) is 6.21 Å². The lowest BCUT2D eigenvalue weighted by atomic mass is 9.66. The fourth-order valence-electron chi connectivity index (χ4n) is 4.92. The fourth-order valence-corrected chi connectivity index (χ4v) is 4.92. The zero-order chi connectivity index (χ0) is 18.5. The molecule has 0 amide bonds. The first-order valence-corrected chi connectivity index (χ1v) is 9.50. The Morgan fingerprint density at radius 2 is 2.00 bits per heavy atom. The van der Waals surface area contributed by atoms with Crippen molar-refractivity contribution in [3.8, 4) is 0 Å². The van der Waals surface area contributed by atoms with Crippen molar-refractivity contribution >= 4 is 12.2 Å². The summed E-state index contributed by atoms with van der Waals surface area (Å²) in [6.07, 6.45) is 4.60. The first-order valence-electron chi connectivity index (χ1n) is 9.50. The van der Waals surface area contributed by atoms with E-state index in [0.29, 0.717) is 36.8 Å². The molecule has 2 aliphatic carbocycles. The van der Waals surface area contributed by atoms with Crippen LogP contribution in [-0.2, 0) is 4.84 Å². The fraction of sp³-hybridized carbons (Fsp3) is 0.600. The Hall–Kier alpha value is -2.08. The number of hydrogen-bond acceptors (Lipinski definition) is 4. The van der Waals surface area contributed by atoms with E-state index < -0.39 is 0 Å². The van der Waals surface area contributed by atoms with E-state index in [4.69, 9.17) is 16.3 Å². The molecule has 2 saturated carbocycles. The lowest BCUT2D eigenvalue weighted by Crippen LogP contribution is -2.34. The van der Waals surface area contributed by atoms with E-state index in [0.717, 1.165) is 19.3 Å². The van der Waals surface area contributed by atoms with Gasteiger partial charge < -0.3 is 21.4 Å². The first-order chi connectivity index (χ1) is 12.6. The van der Waals surface area contributed by atoms with Crippen molar-refractivity contribution in [3.05, 3.63) is 35.9 Å². The zero-order valence-electron chi connectivity index (χ0n) is 15.4. The van der Waals surface area contributed by atoms with Gasteiger partial charge in [0, 0.05) is 12.1 Å². The molecule has 0 saturated heterocycles. The number of oxime groups is 1. The van der Waals surface area contributed by atoms with Gasteiger partial charge >= 0.3 is 0 Å². The van der Waals surface area contributed by atoms with Crippen LogP contribution in [0.2, 0.25) is 0 Å². The van der Waals surface area contributed by atoms with Crippen LogP contribution in [0.1, 0.15) is 37.7 Å². The summed E-state index contributed by atoms with van der Waals surface area (Å²) in [5.41, 5.74) is 11.9. The third kappa shape index (κ3) is 4.36. The van der Waals surface area contributed by atoms with Gasteiger partial charge in [0.25, 0.3) is 0 Å². The lowest BCUT2D eigenvalue weighted by Gasteiger charge is -2.39. The second kappa shape index (κ2) is 8.54. The van der Waals surface area contributed by atoms with Crippen LogP contribution in [0, 0.1) is 23.7 Å². The molecule has 6 atom stereocenters. The molecule has 5 N–H and O–H groups in total. The SMILES string of the molecule is C[C@@H]1C[C@H](c2ccccc2)C[C@H]2[C@H]1[C@@H](/C=N/OCCN=C(N)N)C[C@H]2O. The van der Waals surface area contributed by atoms with Crippen LogP contribution >= 0.6 is 0 Å². The van der Waals surface area contributed by atoms with Crippen LogP contribution in [0.5, 0.6) is 0 Å². The number of hydrogen-bond donors (Lipinski definition) is 3. The molecular weight excluding hydrogens is 328 g/mol. The summed E-state index contributed by atoms with van der Waals surface area (Å²) < 4.78 is 0. The molecular formula is C20H30N4O2. The van der Waals surface area contributed by atoms with Crippen LogP contribution in [0.3, 0.4) is 0 Å². The maximum atomic E-state index is 10.6. The summed E-state index contributed by atoms with van der Waals surface area (Å²) in [5, 5.41) is 14.7. The number of rotatable bonds is 6. The Morgan fingerprint density at radius 3 is 2.73 bits per heavy atom. The third-order valence-electron chi connectivity index (χ3n) is 5.94. The van der Waals surface area contributed by atoms with E-state index in [9.17, 15) is 5.11 Å². The molecule has 1 aromatic carbocycles. The highest BCUT2D eigenvalue weighted by molar-refractivity contribution is 5.75. The van der Waals surface area contributed by atoms with Crippen LogP contribution in [0.15, 0.2) is 40.5 Å². The molecule has 0 unspecified atom stereocenters. The predicted octanol–water partition coefficient (Wildman–Crippen LogP) is 2.09. The molecule has 0 radical (unpaired) electrons. The number of nitrogens with zero attached hydrogens (tertiary/aromatic N) is 2. The third-order valence-corrected chi connectivity index (χ3v) is 5.94. The van der Waals surface area contributed by atoms with Gasteiger partial charge in [0.15, 0.2) is 5.96 Å². The van der Waals surface area contributed by atoms with Crippen molar-refractivity contribution in [2.75, 3.05) is 13.2 Å². The highest BCUT2D eigenvalue weighted by Gasteiger charge is 2.48. The zero-order valence-corrected chi connectivity index (χ0v) is 15.4. The van der Waals surface area contributed by atoms with Crippen molar-refractivity contribution in [2.24, 2.45) is 45.3 Å². The van der Waals surface area contributed by atoms with Crippen molar-refractivity contribution in [1.29, 1.82) is 0 Å². The molecule has 2 fully saturated rings. The van der Waals surface area contributed by atoms with Crippen LogP contribution in [0.25, 0.3) is 0 Å². The smallest absolute Gasteiger partial charge is 0.186 e. The van der Waals surface area contributed by atoms with Gasteiger partial charge in [-0.05, 0) is 48.5 Å². The molecule has 6 nitrogen and oxygen atoms in total. The monoisotopic (exact) mass is 358 g/mol. The number of aliphatic imine (C=N–C) groups is 1. The molecule has 0 aliphatic heterocycles. The van der Waals surface area contributed by atoms with Gasteiger partial charge in [0.2, 0.25) is 0 Å². The number of aliphatic hydroxyl groups excluding tert-OH is 1. The number of guanidine groups is 1. The Morgan fingerprint density at radius 1 is 1.23 bits per heavy atom. The van der Waals surface area contributed by atoms with Crippen LogP contribution in [-0.4, -0.2) is 36.5 Å². The minimum absolute atomic E-state index is 0.0586. The van der Waals surface area contributed by atoms with E-state index in [1.54, 1.807) is 0 Å². The normalized spacial score (nSPS) is 33.8. The Kier molecular flexibility index (Phi) is 6.14. The van der Waals surface area contributed by atoms with E-state index in [-0.39, 0.29) is 18.0 Å². The van der Waals surface area contributed by atoms with Crippen LogP contribution in [0.4, 0.5) is 0 Å². The minimum atomic E-state index is -0.257. The molecule has 6 heteroatoms. The summed E-state index contributed by atoms with van der Waals surface area (Å²) in [7, 11) is 0. The minimum Gasteiger partial charge on any atom is -0.394 e. The van der Waals surface area contributed by atoms with Gasteiger partial charge in [-0.15, -0.1) is 0 Å². The molecule has 142 valence electrons. The van der Waals surface area contributed by atoms with Gasteiger partial charge in [-0.25, -0.2) is 4.99 Å². The van der Waals surface area contributed by atoms with Gasteiger partial charge in [-0.2, -0.15) is 0 Å². The summed E-state index contributed by atoms with van der Waals surface area (Å²) in [6.45, 7) is 3.06. The quantitative estimate of drug-likeness (QED) is 0.313. The van der Waals surface area contributed by atoms with Gasteiger partial charge in [0.1, 0.15) is 6.61 Å². The second-order valence-electron chi connectivity index (χ2n) is 7.66. The van der Waals surface area contributed by atoms with Crippen molar-refractivity contribution in [3.63, 3.8) is 0 Å². The van der Waals surface area contributed by atoms with Crippen molar-refractivity contribution in [2.45, 2.75) is 38.2 Å². The molecule has 0 bridgehead atoms. The highest BCUT2D eigenvalue weighted by atomic mass is 16.6. The van der Waals surface area contributed by atoms with Crippen LogP contribution < -0.4 is 11.5 Å². The summed E-state index contributed by atoms with van der Waals surface area (Å²) in [5.74, 6) is 2.22. The number of benzene rings is 1. The van der Waals surface area contributed by atoms with Gasteiger partial charge in [-0.3, -0.25) is 0 Å². The van der Waals surface area contributed by atoms with E-state index in [2.05, 4.69) is 47.4 Å². The Bertz CT molecular complexity index is 630. The molecule has 0 aromatic heterocycles. The summed E-state index contributed by atoms with van der Waals surface area (Å²) in [4.78, 5) is 9.11.